The van der Waals surface area contributed by atoms with Crippen LogP contribution in [0.25, 0.3) is 0 Å². The predicted octanol–water partition coefficient (Wildman–Crippen LogP) is 3.52. The average Bonchev–Trinajstić information content (AvgIpc) is 2.54. The number of nitro groups is 1. The van der Waals surface area contributed by atoms with E-state index in [9.17, 15) is 10.1 Å². The topological polar surface area (TPSA) is 64.8 Å². The predicted molar refractivity (Wildman–Crippen MR) is 87.7 cm³/mol. The standard InChI is InChI=1S/C16H15ClN2O4/c1-18(14-7-6-11(19(20)21)8-13(14)17)9-12-10-22-15-4-2-3-5-16(15)23-12/h2-8,12H,9-10H2,1H3. The molecule has 23 heavy (non-hydrogen) atoms. The van der Waals surface area contributed by atoms with E-state index in [1.165, 1.54) is 12.1 Å². The second kappa shape index (κ2) is 6.34. The molecule has 0 aliphatic carbocycles. The molecule has 0 aromatic heterocycles. The van der Waals surface area contributed by atoms with Gasteiger partial charge in [0.1, 0.15) is 6.61 Å². The molecule has 1 atom stereocenters. The molecule has 2 aromatic carbocycles. The number of hydrogen-bond acceptors (Lipinski definition) is 5. The molecule has 0 saturated carbocycles. The molecule has 1 aliphatic heterocycles. The Morgan fingerprint density at radius 1 is 1.30 bits per heavy atom. The van der Waals surface area contributed by atoms with Crippen molar-refractivity contribution < 1.29 is 14.4 Å². The van der Waals surface area contributed by atoms with E-state index in [1.807, 2.05) is 36.2 Å². The van der Waals surface area contributed by atoms with Crippen LogP contribution < -0.4 is 14.4 Å². The number of halogens is 1. The number of fused-ring (bicyclic) bond motifs is 1. The van der Waals surface area contributed by atoms with E-state index in [4.69, 9.17) is 21.1 Å². The van der Waals surface area contributed by atoms with Crippen LogP contribution >= 0.6 is 11.6 Å². The van der Waals surface area contributed by atoms with Crippen molar-refractivity contribution in [1.82, 2.24) is 0 Å². The zero-order valence-electron chi connectivity index (χ0n) is 12.4. The zero-order chi connectivity index (χ0) is 16.4. The highest BCUT2D eigenvalue weighted by Crippen LogP contribution is 2.33. The molecule has 0 fully saturated rings. The highest BCUT2D eigenvalue weighted by Gasteiger charge is 2.23. The maximum atomic E-state index is 10.8. The largest absolute Gasteiger partial charge is 0.486 e. The number of benzene rings is 2. The van der Waals surface area contributed by atoms with E-state index in [0.29, 0.717) is 29.6 Å². The van der Waals surface area contributed by atoms with Gasteiger partial charge in [-0.25, -0.2) is 0 Å². The third-order valence-electron chi connectivity index (χ3n) is 3.60. The van der Waals surface area contributed by atoms with Crippen LogP contribution in [0.5, 0.6) is 11.5 Å². The van der Waals surface area contributed by atoms with Crippen molar-refractivity contribution in [3.05, 3.63) is 57.6 Å². The summed E-state index contributed by atoms with van der Waals surface area (Å²) in [7, 11) is 1.86. The summed E-state index contributed by atoms with van der Waals surface area (Å²) in [6.45, 7) is 0.984. The van der Waals surface area contributed by atoms with Gasteiger partial charge < -0.3 is 14.4 Å². The van der Waals surface area contributed by atoms with Crippen LogP contribution in [-0.4, -0.2) is 31.2 Å². The maximum Gasteiger partial charge on any atom is 0.271 e. The summed E-state index contributed by atoms with van der Waals surface area (Å²) in [5.74, 6) is 1.45. The Kier molecular flexibility index (Phi) is 4.25. The Bertz CT molecular complexity index is 738. The molecule has 0 N–H and O–H groups in total. The van der Waals surface area contributed by atoms with Gasteiger partial charge in [0, 0.05) is 19.2 Å². The van der Waals surface area contributed by atoms with Crippen molar-refractivity contribution in [3.8, 4) is 11.5 Å². The minimum Gasteiger partial charge on any atom is -0.486 e. The van der Waals surface area contributed by atoms with Gasteiger partial charge >= 0.3 is 0 Å². The van der Waals surface area contributed by atoms with Gasteiger partial charge in [0.2, 0.25) is 0 Å². The molecule has 7 heteroatoms. The molecule has 0 spiro atoms. The fourth-order valence-electron chi connectivity index (χ4n) is 2.48. The molecular formula is C16H15ClN2O4. The molecule has 1 aliphatic rings. The first-order valence-corrected chi connectivity index (χ1v) is 7.46. The Balaban J connectivity index is 1.70. The number of nitrogens with zero attached hydrogens (tertiary/aromatic N) is 2. The van der Waals surface area contributed by atoms with Crippen molar-refractivity contribution in [2.24, 2.45) is 0 Å². The lowest BCUT2D eigenvalue weighted by atomic mass is 10.2. The second-order valence-electron chi connectivity index (χ2n) is 5.27. The van der Waals surface area contributed by atoms with Crippen molar-refractivity contribution in [2.75, 3.05) is 25.1 Å². The third-order valence-corrected chi connectivity index (χ3v) is 3.90. The van der Waals surface area contributed by atoms with Crippen LogP contribution in [0.15, 0.2) is 42.5 Å². The van der Waals surface area contributed by atoms with Crippen LogP contribution in [0.4, 0.5) is 11.4 Å². The summed E-state index contributed by atoms with van der Waals surface area (Å²) in [6, 6.07) is 11.9. The summed E-state index contributed by atoms with van der Waals surface area (Å²) in [5, 5.41) is 11.1. The molecule has 120 valence electrons. The Morgan fingerprint density at radius 2 is 2.04 bits per heavy atom. The van der Waals surface area contributed by atoms with Gasteiger partial charge in [-0.1, -0.05) is 23.7 Å². The summed E-state index contributed by atoms with van der Waals surface area (Å²) in [5.41, 5.74) is 0.679. The van der Waals surface area contributed by atoms with E-state index in [2.05, 4.69) is 0 Å². The van der Waals surface area contributed by atoms with E-state index in [0.717, 1.165) is 5.75 Å². The summed E-state index contributed by atoms with van der Waals surface area (Å²) in [6.07, 6.45) is -0.152. The molecule has 2 aromatic rings. The smallest absolute Gasteiger partial charge is 0.271 e. The minimum absolute atomic E-state index is 0.0293. The number of rotatable bonds is 4. The fraction of sp³-hybridized carbons (Fsp3) is 0.250. The highest BCUT2D eigenvalue weighted by atomic mass is 35.5. The molecule has 0 bridgehead atoms. The van der Waals surface area contributed by atoms with Gasteiger partial charge in [-0.2, -0.15) is 0 Å². The van der Waals surface area contributed by atoms with Gasteiger partial charge in [0.05, 0.1) is 22.2 Å². The molecule has 1 heterocycles. The second-order valence-corrected chi connectivity index (χ2v) is 5.68. The van der Waals surface area contributed by atoms with Gasteiger partial charge in [-0.05, 0) is 18.2 Å². The van der Waals surface area contributed by atoms with Crippen LogP contribution in [0.2, 0.25) is 5.02 Å². The highest BCUT2D eigenvalue weighted by molar-refractivity contribution is 6.33. The van der Waals surface area contributed by atoms with Crippen molar-refractivity contribution in [2.45, 2.75) is 6.10 Å². The minimum atomic E-state index is -0.468. The quantitative estimate of drug-likeness (QED) is 0.632. The van der Waals surface area contributed by atoms with Crippen LogP contribution in [0.1, 0.15) is 0 Å². The van der Waals surface area contributed by atoms with Crippen LogP contribution in [0, 0.1) is 10.1 Å². The van der Waals surface area contributed by atoms with Crippen molar-refractivity contribution >= 4 is 23.0 Å². The van der Waals surface area contributed by atoms with E-state index < -0.39 is 4.92 Å². The van der Waals surface area contributed by atoms with Gasteiger partial charge in [0.25, 0.3) is 5.69 Å². The van der Waals surface area contributed by atoms with Gasteiger partial charge in [0.15, 0.2) is 17.6 Å². The first kappa shape index (κ1) is 15.4. The summed E-state index contributed by atoms with van der Waals surface area (Å²) in [4.78, 5) is 12.2. The molecule has 0 amide bonds. The summed E-state index contributed by atoms with van der Waals surface area (Å²) >= 11 is 6.15. The third kappa shape index (κ3) is 3.32. The monoisotopic (exact) mass is 334 g/mol. The van der Waals surface area contributed by atoms with Crippen molar-refractivity contribution in [3.63, 3.8) is 0 Å². The number of likely N-dealkylation sites (N-methyl/N-ethyl adjacent to an activating group) is 1. The molecule has 1 unspecified atom stereocenters. The number of anilines is 1. The van der Waals surface area contributed by atoms with Crippen LogP contribution in [0.3, 0.4) is 0 Å². The number of hydrogen-bond donors (Lipinski definition) is 0. The first-order valence-electron chi connectivity index (χ1n) is 7.08. The fourth-order valence-corrected chi connectivity index (χ4v) is 2.79. The van der Waals surface area contributed by atoms with E-state index >= 15 is 0 Å². The lowest BCUT2D eigenvalue weighted by Crippen LogP contribution is -2.39. The molecular weight excluding hydrogens is 320 g/mol. The summed E-state index contributed by atoms with van der Waals surface area (Å²) < 4.78 is 11.6. The zero-order valence-corrected chi connectivity index (χ0v) is 13.2. The maximum absolute atomic E-state index is 10.8. The number of non-ortho nitro benzene ring substituents is 1. The lowest BCUT2D eigenvalue weighted by Gasteiger charge is -2.30. The van der Waals surface area contributed by atoms with Crippen molar-refractivity contribution in [1.29, 1.82) is 0 Å². The molecule has 3 rings (SSSR count). The first-order chi connectivity index (χ1) is 11.0. The number of ether oxygens (including phenoxy) is 2. The van der Waals surface area contributed by atoms with Gasteiger partial charge in [-0.3, -0.25) is 10.1 Å². The average molecular weight is 335 g/mol. The molecule has 0 radical (unpaired) electrons. The van der Waals surface area contributed by atoms with Gasteiger partial charge in [-0.15, -0.1) is 0 Å². The lowest BCUT2D eigenvalue weighted by molar-refractivity contribution is -0.384. The van der Waals surface area contributed by atoms with Crippen LogP contribution in [-0.2, 0) is 0 Å². The normalized spacial score (nSPS) is 16.0. The van der Waals surface area contributed by atoms with E-state index in [1.54, 1.807) is 6.07 Å². The Morgan fingerprint density at radius 3 is 2.74 bits per heavy atom. The SMILES string of the molecule is CN(CC1COc2ccccc2O1)c1ccc([N+](=O)[O-])cc1Cl. The number of para-hydroxylation sites is 2. The molecule has 6 nitrogen and oxygen atoms in total. The number of nitro benzene ring substituents is 1. The van der Waals surface area contributed by atoms with E-state index in [-0.39, 0.29) is 11.8 Å². The molecule has 0 saturated heterocycles. The Labute approximate surface area is 138 Å². The Hall–Kier alpha value is -2.47.